The molecule has 21 heavy (non-hydrogen) atoms. The fourth-order valence-electron chi connectivity index (χ4n) is 2.88. The lowest BCUT2D eigenvalue weighted by atomic mass is 9.99. The first kappa shape index (κ1) is 12.7. The van der Waals surface area contributed by atoms with Crippen molar-refractivity contribution in [3.05, 3.63) is 47.7 Å². The van der Waals surface area contributed by atoms with Crippen molar-refractivity contribution < 1.29 is 0 Å². The second kappa shape index (κ2) is 5.41. The Kier molecular flexibility index (Phi) is 3.27. The second-order valence-corrected chi connectivity index (χ2v) is 6.42. The van der Waals surface area contributed by atoms with Gasteiger partial charge in [0.05, 0.1) is 15.2 Å². The molecule has 1 aromatic carbocycles. The molecule has 4 nitrogen and oxygen atoms in total. The molecule has 0 aliphatic carbocycles. The van der Waals surface area contributed by atoms with Crippen LogP contribution in [-0.4, -0.2) is 28.0 Å². The smallest absolute Gasteiger partial charge is 0.225 e. The number of aromatic nitrogens is 3. The Morgan fingerprint density at radius 3 is 2.81 bits per heavy atom. The van der Waals surface area contributed by atoms with Gasteiger partial charge < -0.3 is 4.90 Å². The molecule has 3 heterocycles. The van der Waals surface area contributed by atoms with E-state index in [9.17, 15) is 0 Å². The quantitative estimate of drug-likeness (QED) is 0.726. The van der Waals surface area contributed by atoms with Crippen molar-refractivity contribution in [1.29, 1.82) is 0 Å². The first-order chi connectivity index (χ1) is 10.4. The topological polar surface area (TPSA) is 41.9 Å². The van der Waals surface area contributed by atoms with Crippen LogP contribution in [0.15, 0.2) is 42.7 Å². The zero-order valence-corrected chi connectivity index (χ0v) is 12.5. The number of piperidine rings is 1. The summed E-state index contributed by atoms with van der Waals surface area (Å²) in [6.45, 7) is 2.00. The van der Waals surface area contributed by atoms with Gasteiger partial charge in [-0.15, -0.1) is 11.3 Å². The Bertz CT molecular complexity index is 707. The van der Waals surface area contributed by atoms with Gasteiger partial charge >= 0.3 is 0 Å². The van der Waals surface area contributed by atoms with Crippen molar-refractivity contribution in [1.82, 2.24) is 15.0 Å². The van der Waals surface area contributed by atoms with Gasteiger partial charge in [-0.25, -0.2) is 15.0 Å². The van der Waals surface area contributed by atoms with Gasteiger partial charge in [-0.1, -0.05) is 12.1 Å². The molecule has 0 amide bonds. The predicted octanol–water partition coefficient (Wildman–Crippen LogP) is 3.47. The molecule has 1 unspecified atom stereocenters. The highest BCUT2D eigenvalue weighted by Crippen LogP contribution is 2.33. The van der Waals surface area contributed by atoms with Gasteiger partial charge in [0.1, 0.15) is 0 Å². The number of thiazole rings is 1. The summed E-state index contributed by atoms with van der Waals surface area (Å²) in [5.74, 6) is 1.32. The monoisotopic (exact) mass is 296 g/mol. The Hall–Kier alpha value is -2.01. The number of benzene rings is 1. The molecule has 0 bridgehead atoms. The molecule has 2 aromatic heterocycles. The van der Waals surface area contributed by atoms with E-state index in [0.717, 1.165) is 24.6 Å². The van der Waals surface area contributed by atoms with Crippen LogP contribution >= 0.6 is 11.3 Å². The Morgan fingerprint density at radius 2 is 1.95 bits per heavy atom. The minimum Gasteiger partial charge on any atom is -0.340 e. The van der Waals surface area contributed by atoms with E-state index in [1.807, 2.05) is 29.8 Å². The molecule has 4 rings (SSSR count). The van der Waals surface area contributed by atoms with Gasteiger partial charge in [0.2, 0.25) is 5.95 Å². The van der Waals surface area contributed by atoms with E-state index in [0.29, 0.717) is 5.92 Å². The van der Waals surface area contributed by atoms with E-state index in [-0.39, 0.29) is 0 Å². The van der Waals surface area contributed by atoms with Crippen molar-refractivity contribution in [2.24, 2.45) is 0 Å². The Balaban J connectivity index is 1.60. The number of hydrogen-bond donors (Lipinski definition) is 0. The molecule has 1 aliphatic heterocycles. The maximum atomic E-state index is 4.82. The number of hydrogen-bond acceptors (Lipinski definition) is 5. The highest BCUT2D eigenvalue weighted by Gasteiger charge is 2.25. The molecule has 0 saturated carbocycles. The fourth-order valence-corrected chi connectivity index (χ4v) is 3.97. The van der Waals surface area contributed by atoms with Crippen LogP contribution in [0.25, 0.3) is 10.2 Å². The van der Waals surface area contributed by atoms with E-state index in [1.54, 1.807) is 0 Å². The van der Waals surface area contributed by atoms with E-state index in [2.05, 4.69) is 39.1 Å². The standard InChI is InChI=1S/C16H16N4S/c1-2-7-14-13(6-1)19-15(21-14)12-5-3-10-20(11-12)16-17-8-4-9-18-16/h1-2,4,6-9,12H,3,5,10-11H2. The molecule has 0 N–H and O–H groups in total. The maximum absolute atomic E-state index is 4.82. The average Bonchev–Trinajstić information content (AvgIpc) is 3.00. The van der Waals surface area contributed by atoms with Crippen molar-refractivity contribution in [2.45, 2.75) is 18.8 Å². The summed E-state index contributed by atoms with van der Waals surface area (Å²) in [6.07, 6.45) is 5.98. The average molecular weight is 296 g/mol. The van der Waals surface area contributed by atoms with Crippen molar-refractivity contribution in [3.63, 3.8) is 0 Å². The Morgan fingerprint density at radius 1 is 1.10 bits per heavy atom. The number of para-hydroxylation sites is 1. The van der Waals surface area contributed by atoms with Crippen LogP contribution in [0, 0.1) is 0 Å². The lowest BCUT2D eigenvalue weighted by Gasteiger charge is -2.31. The van der Waals surface area contributed by atoms with Gasteiger partial charge in [-0.2, -0.15) is 0 Å². The van der Waals surface area contributed by atoms with Crippen LogP contribution in [-0.2, 0) is 0 Å². The minimum absolute atomic E-state index is 0.486. The summed E-state index contributed by atoms with van der Waals surface area (Å²) < 4.78 is 1.28. The fraction of sp³-hybridized carbons (Fsp3) is 0.312. The highest BCUT2D eigenvalue weighted by molar-refractivity contribution is 7.18. The van der Waals surface area contributed by atoms with E-state index in [4.69, 9.17) is 4.98 Å². The highest BCUT2D eigenvalue weighted by atomic mass is 32.1. The molecular formula is C16H16N4S. The molecule has 3 aromatic rings. The maximum Gasteiger partial charge on any atom is 0.225 e. The van der Waals surface area contributed by atoms with Crippen molar-refractivity contribution in [2.75, 3.05) is 18.0 Å². The first-order valence-electron chi connectivity index (χ1n) is 7.27. The molecule has 1 fully saturated rings. The summed E-state index contributed by atoms with van der Waals surface area (Å²) in [5.41, 5.74) is 1.12. The van der Waals surface area contributed by atoms with Crippen LogP contribution in [0.1, 0.15) is 23.8 Å². The third-order valence-electron chi connectivity index (χ3n) is 3.92. The summed E-state index contributed by atoms with van der Waals surface area (Å²) in [4.78, 5) is 15.8. The van der Waals surface area contributed by atoms with E-state index >= 15 is 0 Å². The normalized spacial score (nSPS) is 19.0. The third kappa shape index (κ3) is 2.49. The molecule has 1 atom stereocenters. The molecular weight excluding hydrogens is 280 g/mol. The molecule has 0 spiro atoms. The zero-order valence-electron chi connectivity index (χ0n) is 11.6. The molecule has 106 valence electrons. The molecule has 0 radical (unpaired) electrons. The summed E-state index contributed by atoms with van der Waals surface area (Å²) in [6, 6.07) is 10.2. The lowest BCUT2D eigenvalue weighted by molar-refractivity contribution is 0.502. The minimum atomic E-state index is 0.486. The van der Waals surface area contributed by atoms with Crippen LogP contribution in [0.5, 0.6) is 0 Å². The van der Waals surface area contributed by atoms with Crippen molar-refractivity contribution in [3.8, 4) is 0 Å². The van der Waals surface area contributed by atoms with Crippen LogP contribution in [0.2, 0.25) is 0 Å². The van der Waals surface area contributed by atoms with Crippen LogP contribution in [0.4, 0.5) is 5.95 Å². The largest absolute Gasteiger partial charge is 0.340 e. The molecule has 1 aliphatic rings. The van der Waals surface area contributed by atoms with Crippen LogP contribution < -0.4 is 4.90 Å². The zero-order chi connectivity index (χ0) is 14.1. The van der Waals surface area contributed by atoms with Crippen LogP contribution in [0.3, 0.4) is 0 Å². The summed E-state index contributed by atoms with van der Waals surface area (Å²) >= 11 is 1.82. The number of rotatable bonds is 2. The van der Waals surface area contributed by atoms with Gasteiger partial charge in [0.15, 0.2) is 0 Å². The van der Waals surface area contributed by atoms with Gasteiger partial charge in [-0.3, -0.25) is 0 Å². The summed E-state index contributed by atoms with van der Waals surface area (Å²) in [7, 11) is 0. The SMILES string of the molecule is c1cnc(N2CCCC(c3nc4ccccc4s3)C2)nc1. The molecule has 5 heteroatoms. The van der Waals surface area contributed by atoms with E-state index < -0.39 is 0 Å². The van der Waals surface area contributed by atoms with Gasteiger partial charge in [0, 0.05) is 31.4 Å². The van der Waals surface area contributed by atoms with Crippen molar-refractivity contribution >= 4 is 27.5 Å². The lowest BCUT2D eigenvalue weighted by Crippen LogP contribution is -2.35. The molecule has 1 saturated heterocycles. The van der Waals surface area contributed by atoms with Gasteiger partial charge in [-0.05, 0) is 31.0 Å². The third-order valence-corrected chi connectivity index (χ3v) is 5.11. The van der Waals surface area contributed by atoms with Gasteiger partial charge in [0.25, 0.3) is 0 Å². The number of anilines is 1. The second-order valence-electron chi connectivity index (χ2n) is 5.35. The Labute approximate surface area is 127 Å². The van der Waals surface area contributed by atoms with E-state index in [1.165, 1.54) is 22.5 Å². The first-order valence-corrected chi connectivity index (χ1v) is 8.09. The predicted molar refractivity (Wildman–Crippen MR) is 85.8 cm³/mol. The number of fused-ring (bicyclic) bond motifs is 1. The number of nitrogens with zero attached hydrogens (tertiary/aromatic N) is 4. The summed E-state index contributed by atoms with van der Waals surface area (Å²) in [5, 5.41) is 1.25.